The van der Waals surface area contributed by atoms with Crippen molar-refractivity contribution in [2.24, 2.45) is 0 Å². The second kappa shape index (κ2) is 6.99. The Morgan fingerprint density at radius 1 is 1.53 bits per heavy atom. The molecule has 1 aromatic heterocycles. The molecule has 2 N–H and O–H groups in total. The molecule has 0 spiro atoms. The average Bonchev–Trinajstić information content (AvgIpc) is 2.74. The lowest BCUT2D eigenvalue weighted by atomic mass is 9.95. The molecule has 1 aliphatic rings. The molecule has 108 valence electrons. The van der Waals surface area contributed by atoms with E-state index in [9.17, 15) is 4.21 Å². The Labute approximate surface area is 125 Å². The van der Waals surface area contributed by atoms with Crippen molar-refractivity contribution in [1.29, 1.82) is 0 Å². The molecule has 0 aliphatic heterocycles. The highest BCUT2D eigenvalue weighted by molar-refractivity contribution is 9.10. The fraction of sp³-hybridized carbons (Fsp3) is 0.769. The molecule has 1 aliphatic carbocycles. The van der Waals surface area contributed by atoms with Crippen LogP contribution in [0.5, 0.6) is 0 Å². The number of aromatic amines is 1. The first-order chi connectivity index (χ1) is 9.10. The summed E-state index contributed by atoms with van der Waals surface area (Å²) in [7, 11) is -0.652. The smallest absolute Gasteiger partial charge is 0.128 e. The van der Waals surface area contributed by atoms with Gasteiger partial charge in [-0.15, -0.1) is 0 Å². The summed E-state index contributed by atoms with van der Waals surface area (Å²) in [4.78, 5) is 7.55. The van der Waals surface area contributed by atoms with Gasteiger partial charge in [0.2, 0.25) is 0 Å². The zero-order valence-corrected chi connectivity index (χ0v) is 13.9. The number of aromatic nitrogens is 2. The van der Waals surface area contributed by atoms with Gasteiger partial charge >= 0.3 is 0 Å². The summed E-state index contributed by atoms with van der Waals surface area (Å²) < 4.78 is 12.8. The number of rotatable bonds is 5. The molecule has 0 radical (unpaired) electrons. The van der Waals surface area contributed by atoms with Gasteiger partial charge in [0.15, 0.2) is 0 Å². The van der Waals surface area contributed by atoms with E-state index in [1.54, 1.807) is 0 Å². The van der Waals surface area contributed by atoms with E-state index in [-0.39, 0.29) is 0 Å². The van der Waals surface area contributed by atoms with Crippen LogP contribution in [0.1, 0.15) is 44.1 Å². The number of H-pyrrole nitrogens is 1. The molecular weight excluding hydrogens is 326 g/mol. The van der Waals surface area contributed by atoms with Gasteiger partial charge < -0.3 is 10.3 Å². The van der Waals surface area contributed by atoms with Crippen molar-refractivity contribution in [2.75, 3.05) is 5.75 Å². The van der Waals surface area contributed by atoms with Crippen molar-refractivity contribution in [2.45, 2.75) is 57.4 Å². The van der Waals surface area contributed by atoms with Gasteiger partial charge in [0.05, 0.1) is 5.69 Å². The predicted molar refractivity (Wildman–Crippen MR) is 82.6 cm³/mol. The van der Waals surface area contributed by atoms with Crippen LogP contribution in [0.3, 0.4) is 0 Å². The average molecular weight is 348 g/mol. The number of imidazole rings is 1. The maximum absolute atomic E-state index is 11.9. The van der Waals surface area contributed by atoms with Crippen LogP contribution >= 0.6 is 15.9 Å². The Morgan fingerprint density at radius 2 is 2.32 bits per heavy atom. The monoisotopic (exact) mass is 347 g/mol. The number of hydrogen-bond donors (Lipinski definition) is 2. The van der Waals surface area contributed by atoms with Gasteiger partial charge in [-0.3, -0.25) is 4.21 Å². The summed E-state index contributed by atoms with van der Waals surface area (Å²) in [6.07, 6.45) is 4.51. The fourth-order valence-corrected chi connectivity index (χ4v) is 4.53. The molecule has 0 aromatic carbocycles. The molecule has 3 unspecified atom stereocenters. The van der Waals surface area contributed by atoms with Gasteiger partial charge in [-0.05, 0) is 42.1 Å². The highest BCUT2D eigenvalue weighted by atomic mass is 79.9. The Morgan fingerprint density at radius 3 is 2.95 bits per heavy atom. The van der Waals surface area contributed by atoms with Gasteiger partial charge in [0.25, 0.3) is 0 Å². The molecule has 2 rings (SSSR count). The highest BCUT2D eigenvalue weighted by Crippen LogP contribution is 2.23. The van der Waals surface area contributed by atoms with Crippen LogP contribution in [0.25, 0.3) is 0 Å². The van der Waals surface area contributed by atoms with E-state index >= 15 is 0 Å². The predicted octanol–water partition coefficient (Wildman–Crippen LogP) is 2.65. The largest absolute Gasteiger partial charge is 0.344 e. The molecule has 4 nitrogen and oxygen atoms in total. The Balaban J connectivity index is 1.86. The van der Waals surface area contributed by atoms with Crippen LogP contribution < -0.4 is 5.32 Å². The molecule has 6 heteroatoms. The molecule has 1 aromatic rings. The summed E-state index contributed by atoms with van der Waals surface area (Å²) in [6.45, 7) is 4.75. The molecule has 19 heavy (non-hydrogen) atoms. The fourth-order valence-electron chi connectivity index (χ4n) is 2.68. The summed E-state index contributed by atoms with van der Waals surface area (Å²) in [6, 6.07) is 0.477. The first-order valence-electron chi connectivity index (χ1n) is 6.91. The number of halogens is 1. The van der Waals surface area contributed by atoms with E-state index in [1.165, 1.54) is 12.8 Å². The van der Waals surface area contributed by atoms with Crippen molar-refractivity contribution in [1.82, 2.24) is 15.3 Å². The molecule has 1 fully saturated rings. The first kappa shape index (κ1) is 15.2. The number of aryl methyl sites for hydroxylation is 1. The van der Waals surface area contributed by atoms with Gasteiger partial charge in [0.1, 0.15) is 10.4 Å². The van der Waals surface area contributed by atoms with Crippen molar-refractivity contribution in [3.8, 4) is 0 Å². The normalized spacial score (nSPS) is 25.4. The van der Waals surface area contributed by atoms with Crippen molar-refractivity contribution >= 4 is 26.7 Å². The third-order valence-electron chi connectivity index (χ3n) is 3.70. The van der Waals surface area contributed by atoms with Gasteiger partial charge in [-0.25, -0.2) is 4.98 Å². The van der Waals surface area contributed by atoms with Gasteiger partial charge in [-0.2, -0.15) is 0 Å². The minimum absolute atomic E-state index is 0.378. The number of hydrogen-bond acceptors (Lipinski definition) is 3. The van der Waals surface area contributed by atoms with Crippen LogP contribution in [-0.4, -0.2) is 31.2 Å². The standard InChI is InChI=1S/C13H22BrN3OS/c1-3-19(18)11-6-4-5-10(7-11)15-8-12-13(14)17-9(2)16-12/h10-11,15H,3-8H2,1-2H3,(H,16,17). The lowest BCUT2D eigenvalue weighted by Gasteiger charge is -2.29. The molecule has 0 saturated heterocycles. The summed E-state index contributed by atoms with van der Waals surface area (Å²) in [5.74, 6) is 1.71. The van der Waals surface area contributed by atoms with Crippen LogP contribution in [0, 0.1) is 6.92 Å². The summed E-state index contributed by atoms with van der Waals surface area (Å²) >= 11 is 3.46. The second-order valence-electron chi connectivity index (χ2n) is 5.13. The Bertz CT molecular complexity index is 449. The minimum atomic E-state index is -0.652. The third kappa shape index (κ3) is 4.13. The van der Waals surface area contributed by atoms with E-state index in [0.29, 0.717) is 11.3 Å². The third-order valence-corrected chi connectivity index (χ3v) is 6.09. The topological polar surface area (TPSA) is 57.8 Å². The molecule has 1 saturated carbocycles. The van der Waals surface area contributed by atoms with E-state index in [4.69, 9.17) is 0 Å². The lowest BCUT2D eigenvalue weighted by Crippen LogP contribution is -2.37. The highest BCUT2D eigenvalue weighted by Gasteiger charge is 2.25. The molecule has 3 atom stereocenters. The lowest BCUT2D eigenvalue weighted by molar-refractivity contribution is 0.374. The van der Waals surface area contributed by atoms with E-state index in [0.717, 1.165) is 41.3 Å². The van der Waals surface area contributed by atoms with Crippen molar-refractivity contribution in [3.63, 3.8) is 0 Å². The SMILES string of the molecule is CCS(=O)C1CCCC(NCc2[nH]c(C)nc2Br)C1. The first-order valence-corrected chi connectivity index (χ1v) is 9.09. The van der Waals surface area contributed by atoms with E-state index in [1.807, 2.05) is 13.8 Å². The van der Waals surface area contributed by atoms with Crippen molar-refractivity contribution in [3.05, 3.63) is 16.1 Å². The molecular formula is C13H22BrN3OS. The zero-order chi connectivity index (χ0) is 13.8. The Hall–Kier alpha value is -0.200. The minimum Gasteiger partial charge on any atom is -0.344 e. The van der Waals surface area contributed by atoms with Crippen LogP contribution in [-0.2, 0) is 17.3 Å². The van der Waals surface area contributed by atoms with Crippen LogP contribution in [0.4, 0.5) is 0 Å². The quantitative estimate of drug-likeness (QED) is 0.860. The second-order valence-corrected chi connectivity index (χ2v) is 7.88. The molecule has 0 amide bonds. The number of nitrogens with one attached hydrogen (secondary N) is 2. The number of nitrogens with zero attached hydrogens (tertiary/aromatic N) is 1. The van der Waals surface area contributed by atoms with Gasteiger partial charge in [-0.1, -0.05) is 13.3 Å². The maximum atomic E-state index is 11.9. The van der Waals surface area contributed by atoms with Gasteiger partial charge in [0, 0.05) is 34.4 Å². The van der Waals surface area contributed by atoms with Crippen LogP contribution in [0.15, 0.2) is 4.60 Å². The molecule has 1 heterocycles. The summed E-state index contributed by atoms with van der Waals surface area (Å²) in [5.41, 5.74) is 1.09. The Kier molecular flexibility index (Phi) is 5.59. The molecule has 0 bridgehead atoms. The maximum Gasteiger partial charge on any atom is 0.128 e. The van der Waals surface area contributed by atoms with Crippen LogP contribution in [0.2, 0.25) is 0 Å². The van der Waals surface area contributed by atoms with E-state index in [2.05, 4.69) is 31.2 Å². The van der Waals surface area contributed by atoms with E-state index < -0.39 is 10.8 Å². The summed E-state index contributed by atoms with van der Waals surface area (Å²) in [5, 5.41) is 3.94. The van der Waals surface area contributed by atoms with Crippen molar-refractivity contribution < 1.29 is 4.21 Å². The zero-order valence-electron chi connectivity index (χ0n) is 11.5.